The zero-order valence-corrected chi connectivity index (χ0v) is 14.5. The van der Waals surface area contributed by atoms with Crippen LogP contribution in [-0.4, -0.2) is 36.0 Å². The van der Waals surface area contributed by atoms with Crippen LogP contribution in [0.3, 0.4) is 0 Å². The molecule has 1 aliphatic heterocycles. The second-order valence-corrected chi connectivity index (χ2v) is 6.65. The van der Waals surface area contributed by atoms with Crippen LogP contribution in [0, 0.1) is 12.8 Å². The number of halogens is 1. The van der Waals surface area contributed by atoms with Crippen LogP contribution in [0.5, 0.6) is 5.75 Å². The largest absolute Gasteiger partial charge is 0.425 e. The number of nitrogens with one attached hydrogen (secondary N) is 1. The Labute approximate surface area is 141 Å². The average molecular weight is 339 g/mol. The summed E-state index contributed by atoms with van der Waals surface area (Å²) in [5.74, 6) is -0.279. The highest BCUT2D eigenvalue weighted by Gasteiger charge is 2.30. The van der Waals surface area contributed by atoms with E-state index in [4.69, 9.17) is 16.3 Å². The van der Waals surface area contributed by atoms with Gasteiger partial charge in [0.25, 0.3) is 0 Å². The van der Waals surface area contributed by atoms with Crippen LogP contribution < -0.4 is 10.1 Å². The van der Waals surface area contributed by atoms with Gasteiger partial charge in [0.2, 0.25) is 0 Å². The highest BCUT2D eigenvalue weighted by Crippen LogP contribution is 2.27. The lowest BCUT2D eigenvalue weighted by molar-refractivity contribution is -0.140. The second-order valence-electron chi connectivity index (χ2n) is 6.24. The summed E-state index contributed by atoms with van der Waals surface area (Å²) in [6, 6.07) is 5.25. The molecule has 1 saturated heterocycles. The summed E-state index contributed by atoms with van der Waals surface area (Å²) >= 11 is 6.06. The number of ether oxygens (including phenoxy) is 1. The fourth-order valence-electron chi connectivity index (χ4n) is 2.57. The number of urea groups is 1. The molecule has 1 aromatic rings. The molecule has 0 aliphatic carbocycles. The molecule has 1 aliphatic rings. The molecule has 1 heterocycles. The highest BCUT2D eigenvalue weighted by molar-refractivity contribution is 6.32. The third kappa shape index (κ3) is 4.86. The lowest BCUT2D eigenvalue weighted by Gasteiger charge is -2.32. The van der Waals surface area contributed by atoms with Crippen molar-refractivity contribution in [2.24, 2.45) is 5.92 Å². The van der Waals surface area contributed by atoms with E-state index in [0.29, 0.717) is 30.3 Å². The van der Waals surface area contributed by atoms with Crippen molar-refractivity contribution in [2.45, 2.75) is 39.7 Å². The van der Waals surface area contributed by atoms with Gasteiger partial charge < -0.3 is 15.0 Å². The molecular weight excluding hydrogens is 316 g/mol. The first kappa shape index (κ1) is 17.6. The van der Waals surface area contributed by atoms with Gasteiger partial charge in [-0.15, -0.1) is 0 Å². The maximum Gasteiger partial charge on any atom is 0.317 e. The first-order valence-corrected chi connectivity index (χ1v) is 8.28. The Balaban J connectivity index is 1.99. The van der Waals surface area contributed by atoms with Gasteiger partial charge in [0.05, 0.1) is 10.9 Å². The predicted octanol–water partition coefficient (Wildman–Crippen LogP) is 3.38. The van der Waals surface area contributed by atoms with Gasteiger partial charge in [0.15, 0.2) is 0 Å². The number of esters is 1. The molecule has 0 bridgehead atoms. The van der Waals surface area contributed by atoms with E-state index in [2.05, 4.69) is 5.32 Å². The number of likely N-dealkylation sites (tertiary alicyclic amines) is 1. The SMILES string of the molecule is Cc1ccc(Cl)c(OC(=O)[C@@H]2CCCN(C(=O)NC(C)C)C2)c1. The zero-order chi connectivity index (χ0) is 17.0. The number of rotatable bonds is 3. The minimum Gasteiger partial charge on any atom is -0.425 e. The van der Waals surface area contributed by atoms with Crippen LogP contribution >= 0.6 is 11.6 Å². The van der Waals surface area contributed by atoms with Crippen molar-refractivity contribution in [1.29, 1.82) is 0 Å². The molecule has 1 aromatic carbocycles. The predicted molar refractivity (Wildman–Crippen MR) is 89.8 cm³/mol. The molecule has 6 heteroatoms. The molecule has 5 nitrogen and oxygen atoms in total. The summed E-state index contributed by atoms with van der Waals surface area (Å²) in [6.07, 6.45) is 1.50. The van der Waals surface area contributed by atoms with Crippen molar-refractivity contribution in [3.8, 4) is 5.75 Å². The number of carbonyl (C=O) groups excluding carboxylic acids is 2. The molecule has 0 radical (unpaired) electrons. The molecule has 0 saturated carbocycles. The number of aryl methyl sites for hydroxylation is 1. The first-order chi connectivity index (χ1) is 10.9. The second kappa shape index (κ2) is 7.68. The summed E-state index contributed by atoms with van der Waals surface area (Å²) in [5.41, 5.74) is 0.971. The summed E-state index contributed by atoms with van der Waals surface area (Å²) in [4.78, 5) is 26.1. The quantitative estimate of drug-likeness (QED) is 0.679. The van der Waals surface area contributed by atoms with Gasteiger partial charge in [-0.05, 0) is 51.3 Å². The lowest BCUT2D eigenvalue weighted by Crippen LogP contribution is -2.49. The van der Waals surface area contributed by atoms with Gasteiger partial charge in [-0.2, -0.15) is 0 Å². The third-order valence-corrected chi connectivity index (χ3v) is 4.06. The number of piperidine rings is 1. The molecule has 0 aromatic heterocycles. The normalized spacial score (nSPS) is 18.0. The number of hydrogen-bond donors (Lipinski definition) is 1. The van der Waals surface area contributed by atoms with E-state index in [1.165, 1.54) is 0 Å². The number of carbonyl (C=O) groups is 2. The Morgan fingerprint density at radius 1 is 1.39 bits per heavy atom. The number of benzene rings is 1. The maximum absolute atomic E-state index is 12.4. The first-order valence-electron chi connectivity index (χ1n) is 7.90. The summed E-state index contributed by atoms with van der Waals surface area (Å²) in [6.45, 7) is 6.77. The van der Waals surface area contributed by atoms with E-state index >= 15 is 0 Å². The van der Waals surface area contributed by atoms with E-state index in [-0.39, 0.29) is 24.0 Å². The van der Waals surface area contributed by atoms with Crippen LogP contribution in [0.15, 0.2) is 18.2 Å². The lowest BCUT2D eigenvalue weighted by atomic mass is 9.98. The van der Waals surface area contributed by atoms with Crippen molar-refractivity contribution < 1.29 is 14.3 Å². The van der Waals surface area contributed by atoms with Crippen LogP contribution in [0.25, 0.3) is 0 Å². The fraction of sp³-hybridized carbons (Fsp3) is 0.529. The van der Waals surface area contributed by atoms with Gasteiger partial charge >= 0.3 is 12.0 Å². The maximum atomic E-state index is 12.4. The monoisotopic (exact) mass is 338 g/mol. The Morgan fingerprint density at radius 3 is 2.83 bits per heavy atom. The van der Waals surface area contributed by atoms with Gasteiger partial charge in [-0.25, -0.2) is 4.79 Å². The Hall–Kier alpha value is -1.75. The number of amides is 2. The highest BCUT2D eigenvalue weighted by atomic mass is 35.5. The van der Waals surface area contributed by atoms with Crippen LogP contribution in [-0.2, 0) is 4.79 Å². The molecule has 1 N–H and O–H groups in total. The molecule has 126 valence electrons. The van der Waals surface area contributed by atoms with Crippen molar-refractivity contribution in [2.75, 3.05) is 13.1 Å². The van der Waals surface area contributed by atoms with Gasteiger partial charge in [0, 0.05) is 19.1 Å². The van der Waals surface area contributed by atoms with E-state index in [0.717, 1.165) is 12.0 Å². The van der Waals surface area contributed by atoms with Gasteiger partial charge in [0.1, 0.15) is 5.75 Å². The smallest absolute Gasteiger partial charge is 0.317 e. The molecule has 23 heavy (non-hydrogen) atoms. The van der Waals surface area contributed by atoms with Crippen molar-refractivity contribution >= 4 is 23.6 Å². The topological polar surface area (TPSA) is 58.6 Å². The van der Waals surface area contributed by atoms with Crippen molar-refractivity contribution in [1.82, 2.24) is 10.2 Å². The Bertz CT molecular complexity index is 589. The van der Waals surface area contributed by atoms with E-state index in [9.17, 15) is 9.59 Å². The van der Waals surface area contributed by atoms with Gasteiger partial charge in [-0.3, -0.25) is 4.79 Å². The van der Waals surface area contributed by atoms with E-state index in [1.807, 2.05) is 26.8 Å². The minimum absolute atomic E-state index is 0.0703. The molecule has 1 fully saturated rings. The van der Waals surface area contributed by atoms with Crippen LogP contribution in [0.4, 0.5) is 4.79 Å². The van der Waals surface area contributed by atoms with E-state index in [1.54, 1.807) is 17.0 Å². The molecule has 1 atom stereocenters. The standard InChI is InChI=1S/C17H23ClN2O3/c1-11(2)19-17(22)20-8-4-5-13(10-20)16(21)23-15-9-12(3)6-7-14(15)18/h6-7,9,11,13H,4-5,8,10H2,1-3H3,(H,19,22)/t13-/m1/s1. The number of nitrogens with zero attached hydrogens (tertiary/aromatic N) is 1. The minimum atomic E-state index is -0.334. The Morgan fingerprint density at radius 2 is 2.13 bits per heavy atom. The summed E-state index contributed by atoms with van der Waals surface area (Å²) < 4.78 is 5.45. The molecule has 2 rings (SSSR count). The number of hydrogen-bond acceptors (Lipinski definition) is 3. The Kier molecular flexibility index (Phi) is 5.88. The van der Waals surface area contributed by atoms with Gasteiger partial charge in [-0.1, -0.05) is 17.7 Å². The van der Waals surface area contributed by atoms with E-state index < -0.39 is 0 Å². The van der Waals surface area contributed by atoms with Crippen LogP contribution in [0.2, 0.25) is 5.02 Å². The summed E-state index contributed by atoms with van der Waals surface area (Å²) in [5, 5.41) is 3.26. The van der Waals surface area contributed by atoms with Crippen molar-refractivity contribution in [3.63, 3.8) is 0 Å². The zero-order valence-electron chi connectivity index (χ0n) is 13.8. The average Bonchev–Trinajstić information content (AvgIpc) is 2.50. The molecular formula is C17H23ClN2O3. The molecule has 0 spiro atoms. The molecule has 0 unspecified atom stereocenters. The fourth-order valence-corrected chi connectivity index (χ4v) is 2.73. The van der Waals surface area contributed by atoms with Crippen molar-refractivity contribution in [3.05, 3.63) is 28.8 Å². The van der Waals surface area contributed by atoms with Crippen LogP contribution in [0.1, 0.15) is 32.3 Å². The third-order valence-electron chi connectivity index (χ3n) is 3.75. The summed E-state index contributed by atoms with van der Waals surface area (Å²) in [7, 11) is 0. The molecule has 2 amide bonds.